The first-order chi connectivity index (χ1) is 17.6. The van der Waals surface area contributed by atoms with E-state index in [2.05, 4.69) is 10.1 Å². The number of hydrogen-bond acceptors (Lipinski definition) is 8. The number of benzene rings is 2. The summed E-state index contributed by atoms with van der Waals surface area (Å²) in [6.45, 7) is 3.13. The molecule has 0 saturated carbocycles. The number of ether oxygens (including phenoxy) is 1. The lowest BCUT2D eigenvalue weighted by Crippen LogP contribution is -2.53. The van der Waals surface area contributed by atoms with Crippen molar-refractivity contribution in [3.63, 3.8) is 0 Å². The topological polar surface area (TPSA) is 158 Å². The molecule has 4 rings (SSSR count). The number of hydrogen-bond donors (Lipinski definition) is 4. The molecule has 6 atom stereocenters. The van der Waals surface area contributed by atoms with Crippen LogP contribution in [0, 0.1) is 0 Å². The number of aromatic nitrogens is 2. The average molecular weight is 531 g/mol. The first kappa shape index (κ1) is 27.2. The summed E-state index contributed by atoms with van der Waals surface area (Å²) in [6, 6.07) is 19.8. The molecule has 5 N–H and O–H groups in total. The highest BCUT2D eigenvalue weighted by atomic mass is 31.2. The third kappa shape index (κ3) is 6.34. The van der Waals surface area contributed by atoms with Crippen molar-refractivity contribution in [1.29, 1.82) is 0 Å². The minimum atomic E-state index is -3.93. The van der Waals surface area contributed by atoms with Crippen molar-refractivity contribution >= 4 is 7.75 Å². The monoisotopic (exact) mass is 530 g/mol. The highest BCUT2D eigenvalue weighted by molar-refractivity contribution is 7.51. The minimum absolute atomic E-state index is 0.206. The number of aromatic amines is 1. The maximum atomic E-state index is 13.8. The second-order valence-corrected chi connectivity index (χ2v) is 10.9. The molecular weight excluding hydrogens is 499 g/mol. The molecule has 1 aliphatic heterocycles. The van der Waals surface area contributed by atoms with Crippen LogP contribution in [-0.4, -0.2) is 39.0 Å². The SMILES string of the molecule is CC(OP(=O)(NCc1ccccc1)OCC1OC(n2ccc(=O)[nH]c2=O)C(C)(N)C1O)c1ccccc1. The van der Waals surface area contributed by atoms with Crippen LogP contribution in [0.25, 0.3) is 0 Å². The maximum Gasteiger partial charge on any atom is 0.406 e. The Labute approximate surface area is 213 Å². The largest absolute Gasteiger partial charge is 0.406 e. The molecule has 3 aromatic rings. The van der Waals surface area contributed by atoms with Crippen LogP contribution in [0.2, 0.25) is 0 Å². The van der Waals surface area contributed by atoms with Crippen molar-refractivity contribution in [2.24, 2.45) is 5.73 Å². The molecule has 6 unspecified atom stereocenters. The number of H-pyrrole nitrogens is 1. The van der Waals surface area contributed by atoms with E-state index in [0.717, 1.165) is 21.8 Å². The third-order valence-corrected chi connectivity index (χ3v) is 7.85. The smallest absolute Gasteiger partial charge is 0.388 e. The van der Waals surface area contributed by atoms with Gasteiger partial charge in [0.15, 0.2) is 6.23 Å². The van der Waals surface area contributed by atoms with E-state index in [1.54, 1.807) is 6.92 Å². The highest BCUT2D eigenvalue weighted by Crippen LogP contribution is 2.49. The van der Waals surface area contributed by atoms with E-state index < -0.39 is 49.1 Å². The summed E-state index contributed by atoms with van der Waals surface area (Å²) in [6.07, 6.45) is -2.77. The van der Waals surface area contributed by atoms with Gasteiger partial charge in [-0.05, 0) is 25.0 Å². The van der Waals surface area contributed by atoms with Crippen LogP contribution in [0.5, 0.6) is 0 Å². The molecule has 0 radical (unpaired) electrons. The van der Waals surface area contributed by atoms with E-state index in [1.165, 1.54) is 13.1 Å². The molecule has 12 heteroatoms. The first-order valence-corrected chi connectivity index (χ1v) is 13.3. The molecule has 1 saturated heterocycles. The van der Waals surface area contributed by atoms with Gasteiger partial charge in [-0.25, -0.2) is 14.4 Å². The van der Waals surface area contributed by atoms with Crippen LogP contribution in [0.15, 0.2) is 82.5 Å². The second-order valence-electron chi connectivity index (χ2n) is 9.13. The normalized spacial score (nSPS) is 26.0. The molecule has 2 aromatic carbocycles. The summed E-state index contributed by atoms with van der Waals surface area (Å²) in [4.78, 5) is 25.9. The van der Waals surface area contributed by atoms with Crippen LogP contribution in [0.1, 0.15) is 37.3 Å². The Bertz CT molecular complexity index is 1350. The molecule has 1 fully saturated rings. The number of nitrogens with two attached hydrogens (primary N) is 1. The number of nitrogens with one attached hydrogen (secondary N) is 2. The van der Waals surface area contributed by atoms with Gasteiger partial charge >= 0.3 is 13.4 Å². The van der Waals surface area contributed by atoms with Crippen molar-refractivity contribution in [2.75, 3.05) is 6.61 Å². The summed E-state index contributed by atoms with van der Waals surface area (Å²) in [5.74, 6) is 0. The van der Waals surface area contributed by atoms with Gasteiger partial charge in [0.2, 0.25) is 0 Å². The molecule has 0 aliphatic carbocycles. The fraction of sp³-hybridized carbons (Fsp3) is 0.360. The van der Waals surface area contributed by atoms with E-state index >= 15 is 0 Å². The van der Waals surface area contributed by atoms with Crippen LogP contribution in [-0.2, 0) is 24.9 Å². The molecular formula is C25H31N4O7P. The standard InChI is InChI=1S/C25H31N4O7P/c1-17(19-11-7-4-8-12-19)36-37(33,27-15-18-9-5-3-6-10-18)34-16-20-22(31)25(2,26)23(35-20)29-14-13-21(30)28-24(29)32/h3-14,17,20,22-23,31H,15-16,26H2,1-2H3,(H,27,33)(H,28,30,32). The average Bonchev–Trinajstić information content (AvgIpc) is 3.11. The van der Waals surface area contributed by atoms with Crippen LogP contribution in [0.3, 0.4) is 0 Å². The van der Waals surface area contributed by atoms with Crippen molar-refractivity contribution in [1.82, 2.24) is 14.6 Å². The summed E-state index contributed by atoms with van der Waals surface area (Å²) in [7, 11) is -3.93. The molecule has 1 aliphatic rings. The first-order valence-electron chi connectivity index (χ1n) is 11.8. The fourth-order valence-corrected chi connectivity index (χ4v) is 5.59. The van der Waals surface area contributed by atoms with Gasteiger partial charge in [-0.1, -0.05) is 60.7 Å². The van der Waals surface area contributed by atoms with Crippen molar-refractivity contribution in [2.45, 2.75) is 50.5 Å². The maximum absolute atomic E-state index is 13.8. The van der Waals surface area contributed by atoms with Crippen molar-refractivity contribution in [3.8, 4) is 0 Å². The van der Waals surface area contributed by atoms with E-state index in [-0.39, 0.29) is 13.2 Å². The Morgan fingerprint density at radius 2 is 1.81 bits per heavy atom. The minimum Gasteiger partial charge on any atom is -0.388 e. The van der Waals surface area contributed by atoms with Gasteiger partial charge in [-0.2, -0.15) is 0 Å². The van der Waals surface area contributed by atoms with Crippen LogP contribution in [0.4, 0.5) is 0 Å². The Morgan fingerprint density at radius 3 is 2.46 bits per heavy atom. The lowest BCUT2D eigenvalue weighted by Gasteiger charge is -2.28. The quantitative estimate of drug-likeness (QED) is 0.288. The Kier molecular flexibility index (Phi) is 8.25. The molecule has 11 nitrogen and oxygen atoms in total. The van der Waals surface area contributed by atoms with Gasteiger partial charge in [-0.3, -0.25) is 23.4 Å². The van der Waals surface area contributed by atoms with Crippen LogP contribution < -0.4 is 22.1 Å². The second kappa shape index (κ2) is 11.2. The zero-order valence-corrected chi connectivity index (χ0v) is 21.4. The summed E-state index contributed by atoms with van der Waals surface area (Å²) >= 11 is 0. The molecule has 198 valence electrons. The van der Waals surface area contributed by atoms with E-state index in [4.69, 9.17) is 19.5 Å². The highest BCUT2D eigenvalue weighted by Gasteiger charge is 2.52. The van der Waals surface area contributed by atoms with E-state index in [0.29, 0.717) is 0 Å². The van der Waals surface area contributed by atoms with E-state index in [1.807, 2.05) is 60.7 Å². The number of aliphatic hydroxyl groups is 1. The molecule has 37 heavy (non-hydrogen) atoms. The van der Waals surface area contributed by atoms with Gasteiger partial charge in [0, 0.05) is 18.8 Å². The lowest BCUT2D eigenvalue weighted by atomic mass is 9.93. The zero-order chi connectivity index (χ0) is 26.6. The molecule has 0 amide bonds. The summed E-state index contributed by atoms with van der Waals surface area (Å²) < 4.78 is 32.4. The predicted molar refractivity (Wildman–Crippen MR) is 137 cm³/mol. The molecule has 1 aromatic heterocycles. The number of aliphatic hydroxyl groups excluding tert-OH is 1. The Hall–Kier alpha value is -2.89. The van der Waals surface area contributed by atoms with Gasteiger partial charge < -0.3 is 15.6 Å². The van der Waals surface area contributed by atoms with Gasteiger partial charge in [0.1, 0.15) is 12.2 Å². The van der Waals surface area contributed by atoms with Crippen molar-refractivity contribution < 1.29 is 23.5 Å². The van der Waals surface area contributed by atoms with E-state index in [9.17, 15) is 19.3 Å². The zero-order valence-electron chi connectivity index (χ0n) is 20.5. The fourth-order valence-electron chi connectivity index (χ4n) is 4.10. The number of nitrogens with zero attached hydrogens (tertiary/aromatic N) is 1. The van der Waals surface area contributed by atoms with Crippen molar-refractivity contribution in [3.05, 3.63) is 105 Å². The van der Waals surface area contributed by atoms with Gasteiger partial charge in [-0.15, -0.1) is 0 Å². The Balaban J connectivity index is 1.51. The molecule has 2 heterocycles. The molecule has 0 spiro atoms. The lowest BCUT2D eigenvalue weighted by molar-refractivity contribution is -0.0475. The third-order valence-electron chi connectivity index (χ3n) is 6.22. The van der Waals surface area contributed by atoms with Gasteiger partial charge in [0.25, 0.3) is 5.56 Å². The number of rotatable bonds is 10. The summed E-state index contributed by atoms with van der Waals surface area (Å²) in [5.41, 5.74) is 5.26. The summed E-state index contributed by atoms with van der Waals surface area (Å²) in [5, 5.41) is 13.8. The molecule has 0 bridgehead atoms. The predicted octanol–water partition coefficient (Wildman–Crippen LogP) is 2.20. The van der Waals surface area contributed by atoms with Crippen LogP contribution >= 0.6 is 7.75 Å². The van der Waals surface area contributed by atoms with Gasteiger partial charge in [0.05, 0.1) is 18.2 Å². The Morgan fingerprint density at radius 1 is 1.16 bits per heavy atom.